The van der Waals surface area contributed by atoms with E-state index in [-0.39, 0.29) is 18.3 Å². The zero-order valence-corrected chi connectivity index (χ0v) is 15.5. The van der Waals surface area contributed by atoms with Gasteiger partial charge in [-0.1, -0.05) is 30.3 Å². The number of carbonyl (C=O) groups excluding carboxylic acids is 1. The Morgan fingerprint density at radius 3 is 2.50 bits per heavy atom. The highest BCUT2D eigenvalue weighted by Crippen LogP contribution is 2.11. The zero-order valence-electron chi connectivity index (χ0n) is 15.5. The van der Waals surface area contributed by atoms with Gasteiger partial charge in [-0.2, -0.15) is 0 Å². The van der Waals surface area contributed by atoms with Crippen LogP contribution in [0.5, 0.6) is 5.75 Å². The Hall–Kier alpha value is -3.12. The molecule has 0 atom stereocenters. The number of amides is 1. The summed E-state index contributed by atoms with van der Waals surface area (Å²) in [6.07, 6.45) is 1.63. The maximum absolute atomic E-state index is 12.9. The van der Waals surface area contributed by atoms with Crippen molar-refractivity contribution in [2.45, 2.75) is 13.1 Å². The van der Waals surface area contributed by atoms with Crippen LogP contribution in [-0.2, 0) is 17.9 Å². The predicted octanol–water partition coefficient (Wildman–Crippen LogP) is 3.62. The monoisotopic (exact) mass is 382 g/mol. The molecule has 0 spiro atoms. The van der Waals surface area contributed by atoms with Crippen LogP contribution in [0.4, 0.5) is 4.39 Å². The molecule has 0 saturated carbocycles. The minimum Gasteiger partial charge on any atom is -0.492 e. The average Bonchev–Trinajstić information content (AvgIpc) is 3.20. The molecule has 1 amide bonds. The van der Waals surface area contributed by atoms with E-state index >= 15 is 0 Å². The van der Waals surface area contributed by atoms with Crippen LogP contribution in [0.25, 0.3) is 0 Å². The van der Waals surface area contributed by atoms with E-state index in [0.29, 0.717) is 32.0 Å². The summed E-state index contributed by atoms with van der Waals surface area (Å²) in [6, 6.07) is 19.5. The van der Waals surface area contributed by atoms with Crippen LogP contribution in [0.1, 0.15) is 11.3 Å². The number of benzene rings is 2. The molecule has 0 unspecified atom stereocenters. The summed E-state index contributed by atoms with van der Waals surface area (Å²) in [4.78, 5) is 14.4. The van der Waals surface area contributed by atoms with Crippen molar-refractivity contribution in [3.63, 3.8) is 0 Å². The quantitative estimate of drug-likeness (QED) is 0.544. The van der Waals surface area contributed by atoms with Crippen molar-refractivity contribution in [3.8, 4) is 5.75 Å². The van der Waals surface area contributed by atoms with E-state index in [1.807, 2.05) is 47.4 Å². The van der Waals surface area contributed by atoms with E-state index in [1.165, 1.54) is 12.1 Å². The third-order valence-corrected chi connectivity index (χ3v) is 4.08. The second-order valence-electron chi connectivity index (χ2n) is 6.36. The molecule has 28 heavy (non-hydrogen) atoms. The molecule has 3 rings (SSSR count). The fourth-order valence-electron chi connectivity index (χ4n) is 2.78. The SMILES string of the molecule is O=C(CN(Cc1ccccc1)Cc1ccco1)NCCOc1ccc(F)cc1. The van der Waals surface area contributed by atoms with E-state index in [1.54, 1.807) is 18.4 Å². The summed E-state index contributed by atoms with van der Waals surface area (Å²) >= 11 is 0. The fourth-order valence-corrected chi connectivity index (χ4v) is 2.78. The topological polar surface area (TPSA) is 54.7 Å². The summed E-state index contributed by atoms with van der Waals surface area (Å²) in [6.45, 7) is 2.11. The molecule has 1 heterocycles. The Morgan fingerprint density at radius 1 is 1.00 bits per heavy atom. The number of hydrogen-bond donors (Lipinski definition) is 1. The van der Waals surface area contributed by atoms with Gasteiger partial charge in [0.15, 0.2) is 0 Å². The van der Waals surface area contributed by atoms with Crippen molar-refractivity contribution in [1.29, 1.82) is 0 Å². The van der Waals surface area contributed by atoms with Crippen LogP contribution in [0.3, 0.4) is 0 Å². The van der Waals surface area contributed by atoms with Gasteiger partial charge < -0.3 is 14.5 Å². The van der Waals surface area contributed by atoms with Gasteiger partial charge in [0, 0.05) is 6.54 Å². The smallest absolute Gasteiger partial charge is 0.234 e. The average molecular weight is 382 g/mol. The maximum atomic E-state index is 12.9. The van der Waals surface area contributed by atoms with Crippen LogP contribution in [0.2, 0.25) is 0 Å². The van der Waals surface area contributed by atoms with Gasteiger partial charge in [-0.25, -0.2) is 4.39 Å². The molecule has 0 fully saturated rings. The van der Waals surface area contributed by atoms with Crippen LogP contribution >= 0.6 is 0 Å². The van der Waals surface area contributed by atoms with Gasteiger partial charge in [-0.15, -0.1) is 0 Å². The van der Waals surface area contributed by atoms with E-state index in [0.717, 1.165) is 11.3 Å². The van der Waals surface area contributed by atoms with Crippen molar-refractivity contribution in [2.24, 2.45) is 0 Å². The third-order valence-electron chi connectivity index (χ3n) is 4.08. The minimum absolute atomic E-state index is 0.0924. The first-order valence-corrected chi connectivity index (χ1v) is 9.13. The number of rotatable bonds is 10. The Kier molecular flexibility index (Phi) is 7.21. The molecular formula is C22H23FN2O3. The van der Waals surface area contributed by atoms with Gasteiger partial charge in [-0.05, 0) is 42.0 Å². The molecule has 0 aliphatic carbocycles. The molecule has 0 saturated heterocycles. The van der Waals surface area contributed by atoms with E-state index in [2.05, 4.69) is 5.32 Å². The van der Waals surface area contributed by atoms with Gasteiger partial charge >= 0.3 is 0 Å². The van der Waals surface area contributed by atoms with Crippen LogP contribution in [0.15, 0.2) is 77.4 Å². The summed E-state index contributed by atoms with van der Waals surface area (Å²) in [5, 5.41) is 2.85. The highest BCUT2D eigenvalue weighted by Gasteiger charge is 2.13. The molecule has 0 aliphatic heterocycles. The minimum atomic E-state index is -0.310. The Labute approximate surface area is 163 Å². The van der Waals surface area contributed by atoms with Gasteiger partial charge in [0.05, 0.1) is 25.9 Å². The summed E-state index contributed by atoms with van der Waals surface area (Å²) < 4.78 is 23.8. The Bertz CT molecular complexity index is 836. The number of hydrogen-bond acceptors (Lipinski definition) is 4. The molecule has 5 nitrogen and oxygen atoms in total. The number of ether oxygens (including phenoxy) is 1. The Morgan fingerprint density at radius 2 is 1.79 bits per heavy atom. The van der Waals surface area contributed by atoms with Crippen LogP contribution in [-0.4, -0.2) is 30.5 Å². The van der Waals surface area contributed by atoms with Crippen molar-refractivity contribution in [1.82, 2.24) is 10.2 Å². The van der Waals surface area contributed by atoms with E-state index in [9.17, 15) is 9.18 Å². The second kappa shape index (κ2) is 10.3. The van der Waals surface area contributed by atoms with Gasteiger partial charge in [0.2, 0.25) is 5.91 Å². The van der Waals surface area contributed by atoms with Crippen LogP contribution < -0.4 is 10.1 Å². The van der Waals surface area contributed by atoms with Crippen molar-refractivity contribution < 1.29 is 18.3 Å². The molecule has 0 radical (unpaired) electrons. The first kappa shape index (κ1) is 19.6. The van der Waals surface area contributed by atoms with Crippen LogP contribution in [0, 0.1) is 5.82 Å². The molecule has 0 aliphatic rings. The molecule has 3 aromatic rings. The molecule has 0 bridgehead atoms. The van der Waals surface area contributed by atoms with Gasteiger partial charge in [0.1, 0.15) is 23.9 Å². The fraction of sp³-hybridized carbons (Fsp3) is 0.227. The summed E-state index contributed by atoms with van der Waals surface area (Å²) in [7, 11) is 0. The number of furan rings is 1. The number of carbonyl (C=O) groups is 1. The van der Waals surface area contributed by atoms with Gasteiger partial charge in [0.25, 0.3) is 0 Å². The lowest BCUT2D eigenvalue weighted by Gasteiger charge is -2.21. The number of nitrogens with one attached hydrogen (secondary N) is 1. The molecular weight excluding hydrogens is 359 g/mol. The molecule has 1 N–H and O–H groups in total. The van der Waals surface area contributed by atoms with E-state index in [4.69, 9.17) is 9.15 Å². The third kappa shape index (κ3) is 6.55. The lowest BCUT2D eigenvalue weighted by Crippen LogP contribution is -2.38. The molecule has 1 aromatic heterocycles. The van der Waals surface area contributed by atoms with Crippen molar-refractivity contribution in [2.75, 3.05) is 19.7 Å². The summed E-state index contributed by atoms with van der Waals surface area (Å²) in [5.74, 6) is 0.975. The highest BCUT2D eigenvalue weighted by molar-refractivity contribution is 5.78. The number of nitrogens with zero attached hydrogens (tertiary/aromatic N) is 1. The Balaban J connectivity index is 1.46. The lowest BCUT2D eigenvalue weighted by atomic mass is 10.2. The first-order valence-electron chi connectivity index (χ1n) is 9.13. The summed E-state index contributed by atoms with van der Waals surface area (Å²) in [5.41, 5.74) is 1.13. The lowest BCUT2D eigenvalue weighted by molar-refractivity contribution is -0.122. The standard InChI is InChI=1S/C22H23FN2O3/c23-19-8-10-20(11-9-19)28-14-12-24-22(26)17-25(16-21-7-4-13-27-21)15-18-5-2-1-3-6-18/h1-11,13H,12,14-17H2,(H,24,26). The molecule has 6 heteroatoms. The second-order valence-corrected chi connectivity index (χ2v) is 6.36. The largest absolute Gasteiger partial charge is 0.492 e. The molecule has 2 aromatic carbocycles. The molecule has 146 valence electrons. The normalized spacial score (nSPS) is 10.8. The van der Waals surface area contributed by atoms with Crippen molar-refractivity contribution in [3.05, 3.63) is 90.1 Å². The zero-order chi connectivity index (χ0) is 19.6. The van der Waals surface area contributed by atoms with E-state index < -0.39 is 0 Å². The maximum Gasteiger partial charge on any atom is 0.234 e. The first-order chi connectivity index (χ1) is 13.7. The van der Waals surface area contributed by atoms with Gasteiger partial charge in [-0.3, -0.25) is 9.69 Å². The highest BCUT2D eigenvalue weighted by atomic mass is 19.1. The number of halogens is 1. The van der Waals surface area contributed by atoms with Crippen molar-refractivity contribution >= 4 is 5.91 Å². The predicted molar refractivity (Wildman–Crippen MR) is 104 cm³/mol.